The van der Waals surface area contributed by atoms with Gasteiger partial charge in [-0.1, -0.05) is 0 Å². The number of aliphatic hydroxyl groups excluding tert-OH is 7. The van der Waals surface area contributed by atoms with Crippen LogP contribution in [0.4, 0.5) is 0 Å². The summed E-state index contributed by atoms with van der Waals surface area (Å²) in [6.07, 6.45) is -6.54. The SMILES string of the molecule is OC[C@@H](O)[C@@H](O)CN1C[C@H](O)[C@@H](O)[C@H](O)[C@H]1CO. The first-order valence-corrected chi connectivity index (χ1v) is 5.78. The average molecular weight is 267 g/mol. The van der Waals surface area contributed by atoms with Gasteiger partial charge in [0, 0.05) is 13.1 Å². The highest BCUT2D eigenvalue weighted by molar-refractivity contribution is 4.95. The van der Waals surface area contributed by atoms with E-state index in [4.69, 9.17) is 10.2 Å². The Kier molecular flexibility index (Phi) is 5.89. The van der Waals surface area contributed by atoms with Gasteiger partial charge in [0.05, 0.1) is 31.5 Å². The Morgan fingerprint density at radius 1 is 1.00 bits per heavy atom. The summed E-state index contributed by atoms with van der Waals surface area (Å²) >= 11 is 0. The number of hydrogen-bond acceptors (Lipinski definition) is 8. The molecule has 1 aliphatic rings. The van der Waals surface area contributed by atoms with Gasteiger partial charge in [0.2, 0.25) is 0 Å². The highest BCUT2D eigenvalue weighted by atomic mass is 16.4. The predicted molar refractivity (Wildman–Crippen MR) is 59.6 cm³/mol. The van der Waals surface area contributed by atoms with E-state index in [2.05, 4.69) is 0 Å². The molecule has 0 aromatic heterocycles. The molecule has 18 heavy (non-hydrogen) atoms. The third-order valence-electron chi connectivity index (χ3n) is 3.27. The molecular formula is C10H21NO7. The molecule has 0 aliphatic carbocycles. The molecule has 0 unspecified atom stereocenters. The minimum absolute atomic E-state index is 0.0569. The number of nitrogens with zero attached hydrogens (tertiary/aromatic N) is 1. The van der Waals surface area contributed by atoms with Crippen LogP contribution in [0.2, 0.25) is 0 Å². The second-order valence-electron chi connectivity index (χ2n) is 4.57. The number of rotatable bonds is 5. The molecule has 0 spiro atoms. The highest BCUT2D eigenvalue weighted by Gasteiger charge is 2.41. The van der Waals surface area contributed by atoms with Crippen molar-refractivity contribution < 1.29 is 35.7 Å². The number of hydrogen-bond donors (Lipinski definition) is 7. The van der Waals surface area contributed by atoms with E-state index in [1.165, 1.54) is 4.90 Å². The molecule has 6 atom stereocenters. The molecule has 8 nitrogen and oxygen atoms in total. The Hall–Kier alpha value is -0.320. The van der Waals surface area contributed by atoms with E-state index in [0.717, 1.165) is 0 Å². The fraction of sp³-hybridized carbons (Fsp3) is 1.00. The molecule has 1 aliphatic heterocycles. The molecule has 1 saturated heterocycles. The lowest BCUT2D eigenvalue weighted by Crippen LogP contribution is -2.64. The van der Waals surface area contributed by atoms with Gasteiger partial charge in [0.25, 0.3) is 0 Å². The Labute approximate surface area is 104 Å². The van der Waals surface area contributed by atoms with Crippen LogP contribution in [-0.2, 0) is 0 Å². The van der Waals surface area contributed by atoms with Gasteiger partial charge in [-0.15, -0.1) is 0 Å². The molecular weight excluding hydrogens is 246 g/mol. The van der Waals surface area contributed by atoms with Crippen molar-refractivity contribution in [1.82, 2.24) is 4.90 Å². The molecule has 8 heteroatoms. The summed E-state index contributed by atoms with van der Waals surface area (Å²) in [5.74, 6) is 0. The Bertz CT molecular complexity index is 254. The van der Waals surface area contributed by atoms with Gasteiger partial charge in [-0.05, 0) is 0 Å². The van der Waals surface area contributed by atoms with E-state index in [1.54, 1.807) is 0 Å². The molecule has 0 aromatic rings. The quantitative estimate of drug-likeness (QED) is 0.264. The van der Waals surface area contributed by atoms with E-state index in [9.17, 15) is 25.5 Å². The molecule has 7 N–H and O–H groups in total. The normalized spacial score (nSPS) is 37.5. The Balaban J connectivity index is 2.67. The van der Waals surface area contributed by atoms with Crippen LogP contribution in [0, 0.1) is 0 Å². The van der Waals surface area contributed by atoms with Gasteiger partial charge in [-0.25, -0.2) is 0 Å². The van der Waals surface area contributed by atoms with Gasteiger partial charge in [0.15, 0.2) is 0 Å². The predicted octanol–water partition coefficient (Wildman–Crippen LogP) is -4.54. The third-order valence-corrected chi connectivity index (χ3v) is 3.27. The fourth-order valence-electron chi connectivity index (χ4n) is 2.07. The van der Waals surface area contributed by atoms with Crippen LogP contribution in [0.25, 0.3) is 0 Å². The molecule has 0 amide bonds. The van der Waals surface area contributed by atoms with Crippen LogP contribution >= 0.6 is 0 Å². The number of β-amino-alcohol motifs (C(OH)–C–C–N with tert-alkyl or cyclic N) is 2. The molecule has 0 bridgehead atoms. The number of aliphatic hydroxyl groups is 7. The van der Waals surface area contributed by atoms with E-state index < -0.39 is 49.8 Å². The van der Waals surface area contributed by atoms with Crippen molar-refractivity contribution in [2.45, 2.75) is 36.6 Å². The Morgan fingerprint density at radius 2 is 1.61 bits per heavy atom. The van der Waals surface area contributed by atoms with Crippen molar-refractivity contribution >= 4 is 0 Å². The van der Waals surface area contributed by atoms with Crippen molar-refractivity contribution in [1.29, 1.82) is 0 Å². The molecule has 1 fully saturated rings. The smallest absolute Gasteiger partial charge is 0.109 e. The first-order valence-electron chi connectivity index (χ1n) is 5.78. The summed E-state index contributed by atoms with van der Waals surface area (Å²) in [6.45, 7) is -1.29. The lowest BCUT2D eigenvalue weighted by molar-refractivity contribution is -0.154. The summed E-state index contributed by atoms with van der Waals surface area (Å²) in [5.41, 5.74) is 0. The summed E-state index contributed by atoms with van der Waals surface area (Å²) < 4.78 is 0. The summed E-state index contributed by atoms with van der Waals surface area (Å²) in [7, 11) is 0. The van der Waals surface area contributed by atoms with Crippen LogP contribution in [0.5, 0.6) is 0 Å². The molecule has 0 aromatic carbocycles. The first-order chi connectivity index (χ1) is 8.42. The van der Waals surface area contributed by atoms with Gasteiger partial charge >= 0.3 is 0 Å². The Morgan fingerprint density at radius 3 is 2.11 bits per heavy atom. The lowest BCUT2D eigenvalue weighted by Gasteiger charge is -2.44. The summed E-state index contributed by atoms with van der Waals surface area (Å²) in [5, 5.41) is 65.3. The van der Waals surface area contributed by atoms with E-state index in [1.807, 2.05) is 0 Å². The minimum atomic E-state index is -1.36. The minimum Gasteiger partial charge on any atom is -0.395 e. The third kappa shape index (κ3) is 3.37. The van der Waals surface area contributed by atoms with Crippen molar-refractivity contribution in [2.24, 2.45) is 0 Å². The van der Waals surface area contributed by atoms with Crippen molar-refractivity contribution in [3.05, 3.63) is 0 Å². The van der Waals surface area contributed by atoms with Crippen LogP contribution in [0.1, 0.15) is 0 Å². The maximum atomic E-state index is 9.68. The van der Waals surface area contributed by atoms with Crippen LogP contribution in [0.3, 0.4) is 0 Å². The van der Waals surface area contributed by atoms with Crippen LogP contribution in [0.15, 0.2) is 0 Å². The standard InChI is InChI=1S/C10H21NO7/c12-3-5-9(17)10(18)7(15)2-11(5)1-6(14)8(16)4-13/h5-10,12-18H,1-4H2/t5-,6+,7+,8-,9-,10-/m1/s1. The monoisotopic (exact) mass is 267 g/mol. The molecule has 1 heterocycles. The average Bonchev–Trinajstić information content (AvgIpc) is 2.35. The second kappa shape index (κ2) is 6.73. The zero-order valence-corrected chi connectivity index (χ0v) is 9.87. The van der Waals surface area contributed by atoms with Crippen LogP contribution in [-0.4, -0.2) is 104 Å². The van der Waals surface area contributed by atoms with Gasteiger partial charge in [-0.3, -0.25) is 4.90 Å². The lowest BCUT2D eigenvalue weighted by atomic mass is 9.93. The second-order valence-corrected chi connectivity index (χ2v) is 4.57. The number of piperidine rings is 1. The maximum Gasteiger partial charge on any atom is 0.109 e. The summed E-state index contributed by atoms with van der Waals surface area (Å²) in [4.78, 5) is 1.37. The molecule has 1 rings (SSSR count). The largest absolute Gasteiger partial charge is 0.395 e. The molecule has 0 radical (unpaired) electrons. The topological polar surface area (TPSA) is 145 Å². The van der Waals surface area contributed by atoms with Crippen molar-refractivity contribution in [3.8, 4) is 0 Å². The van der Waals surface area contributed by atoms with Crippen molar-refractivity contribution in [2.75, 3.05) is 26.3 Å². The van der Waals surface area contributed by atoms with Crippen LogP contribution < -0.4 is 0 Å². The highest BCUT2D eigenvalue weighted by Crippen LogP contribution is 2.19. The van der Waals surface area contributed by atoms with E-state index in [-0.39, 0.29) is 13.1 Å². The summed E-state index contributed by atoms with van der Waals surface area (Å²) in [6, 6.07) is -0.844. The van der Waals surface area contributed by atoms with Gasteiger partial charge in [0.1, 0.15) is 18.3 Å². The van der Waals surface area contributed by atoms with Gasteiger partial charge in [-0.2, -0.15) is 0 Å². The molecule has 0 saturated carbocycles. The fourth-order valence-corrected chi connectivity index (χ4v) is 2.07. The van der Waals surface area contributed by atoms with Crippen molar-refractivity contribution in [3.63, 3.8) is 0 Å². The zero-order valence-electron chi connectivity index (χ0n) is 9.87. The zero-order chi connectivity index (χ0) is 13.9. The first kappa shape index (κ1) is 15.7. The van der Waals surface area contributed by atoms with E-state index in [0.29, 0.717) is 0 Å². The maximum absolute atomic E-state index is 9.68. The molecule has 108 valence electrons. The van der Waals surface area contributed by atoms with Gasteiger partial charge < -0.3 is 35.7 Å². The van der Waals surface area contributed by atoms with E-state index >= 15 is 0 Å². The number of likely N-dealkylation sites (tertiary alicyclic amines) is 1.